The Balaban J connectivity index is 1.52. The van der Waals surface area contributed by atoms with Gasteiger partial charge in [0.05, 0.1) is 17.6 Å². The van der Waals surface area contributed by atoms with Crippen LogP contribution in [-0.4, -0.2) is 32.0 Å². The van der Waals surface area contributed by atoms with Gasteiger partial charge >= 0.3 is 0 Å². The van der Waals surface area contributed by atoms with Crippen molar-refractivity contribution in [3.63, 3.8) is 0 Å². The Bertz CT molecular complexity index is 609. The minimum Gasteiger partial charge on any atom is -0.350 e. The smallest absolute Gasteiger partial charge is 0.271 e. The summed E-state index contributed by atoms with van der Waals surface area (Å²) in [6, 6.07) is 0. The molecule has 0 fully saturated rings. The van der Waals surface area contributed by atoms with Crippen molar-refractivity contribution in [2.75, 3.05) is 6.54 Å². The number of nitrogens with one attached hydrogen (secondary N) is 1. The molecular weight excluding hydrogens is 266 g/mol. The van der Waals surface area contributed by atoms with Crippen molar-refractivity contribution in [3.8, 4) is 0 Å². The summed E-state index contributed by atoms with van der Waals surface area (Å²) >= 11 is 0. The largest absolute Gasteiger partial charge is 0.350 e. The molecule has 21 heavy (non-hydrogen) atoms. The minimum absolute atomic E-state index is 0.188. The van der Waals surface area contributed by atoms with Gasteiger partial charge in [-0.25, -0.2) is 9.97 Å². The van der Waals surface area contributed by atoms with E-state index in [0.717, 1.165) is 30.8 Å². The van der Waals surface area contributed by atoms with Crippen LogP contribution < -0.4 is 5.32 Å². The van der Waals surface area contributed by atoms with Crippen molar-refractivity contribution in [1.82, 2.24) is 24.8 Å². The molecule has 0 spiro atoms. The maximum atomic E-state index is 11.9. The molecule has 0 unspecified atom stereocenters. The third kappa shape index (κ3) is 3.26. The Morgan fingerprint density at radius 1 is 1.33 bits per heavy atom. The fourth-order valence-corrected chi connectivity index (χ4v) is 2.50. The third-order valence-electron chi connectivity index (χ3n) is 3.64. The van der Waals surface area contributed by atoms with Gasteiger partial charge in [0, 0.05) is 38.3 Å². The van der Waals surface area contributed by atoms with Crippen LogP contribution in [0.15, 0.2) is 18.6 Å². The summed E-state index contributed by atoms with van der Waals surface area (Å²) in [5.74, 6) is 0.985. The summed E-state index contributed by atoms with van der Waals surface area (Å²) < 4.78 is 2.23. The highest BCUT2D eigenvalue weighted by molar-refractivity contribution is 5.91. The van der Waals surface area contributed by atoms with E-state index in [9.17, 15) is 4.79 Å². The molecule has 6 nitrogen and oxygen atoms in total. The molecule has 0 aromatic carbocycles. The SMILES string of the molecule is Cc1cnc(C(=O)NCCc2cn3c(n2)CCCC3)cn1. The van der Waals surface area contributed by atoms with Crippen LogP contribution in [0.3, 0.4) is 0 Å². The summed E-state index contributed by atoms with van der Waals surface area (Å²) in [7, 11) is 0. The zero-order chi connectivity index (χ0) is 14.7. The van der Waals surface area contributed by atoms with E-state index in [1.54, 1.807) is 6.20 Å². The first kappa shape index (κ1) is 13.7. The van der Waals surface area contributed by atoms with Crippen molar-refractivity contribution in [1.29, 1.82) is 0 Å². The molecule has 0 bridgehead atoms. The van der Waals surface area contributed by atoms with Gasteiger partial charge in [-0.2, -0.15) is 0 Å². The lowest BCUT2D eigenvalue weighted by Gasteiger charge is -2.11. The molecule has 3 heterocycles. The topological polar surface area (TPSA) is 72.7 Å². The Kier molecular flexibility index (Phi) is 3.94. The number of imidazole rings is 1. The van der Waals surface area contributed by atoms with Crippen LogP contribution in [-0.2, 0) is 19.4 Å². The number of aryl methyl sites for hydroxylation is 3. The lowest BCUT2D eigenvalue weighted by atomic mass is 10.2. The van der Waals surface area contributed by atoms with E-state index in [0.29, 0.717) is 12.2 Å². The predicted molar refractivity (Wildman–Crippen MR) is 78.0 cm³/mol. The van der Waals surface area contributed by atoms with Crippen molar-refractivity contribution in [2.24, 2.45) is 0 Å². The van der Waals surface area contributed by atoms with Gasteiger partial charge in [-0.15, -0.1) is 0 Å². The van der Waals surface area contributed by atoms with Crippen LogP contribution in [0.1, 0.15) is 40.5 Å². The van der Waals surface area contributed by atoms with Gasteiger partial charge < -0.3 is 9.88 Å². The molecule has 0 saturated heterocycles. The van der Waals surface area contributed by atoms with Crippen molar-refractivity contribution >= 4 is 5.91 Å². The third-order valence-corrected chi connectivity index (χ3v) is 3.64. The molecule has 0 radical (unpaired) electrons. The fourth-order valence-electron chi connectivity index (χ4n) is 2.50. The minimum atomic E-state index is -0.188. The first-order valence-corrected chi connectivity index (χ1v) is 7.34. The van der Waals surface area contributed by atoms with E-state index >= 15 is 0 Å². The zero-order valence-electron chi connectivity index (χ0n) is 12.2. The van der Waals surface area contributed by atoms with Crippen LogP contribution in [0.4, 0.5) is 0 Å². The molecule has 1 aliphatic heterocycles. The molecule has 0 atom stereocenters. The molecular formula is C15H19N5O. The molecule has 3 rings (SSSR count). The number of aromatic nitrogens is 4. The second kappa shape index (κ2) is 6.03. The number of nitrogens with zero attached hydrogens (tertiary/aromatic N) is 4. The highest BCUT2D eigenvalue weighted by Gasteiger charge is 2.12. The van der Waals surface area contributed by atoms with E-state index in [2.05, 4.69) is 31.0 Å². The highest BCUT2D eigenvalue weighted by atomic mass is 16.1. The number of rotatable bonds is 4. The van der Waals surface area contributed by atoms with Crippen LogP contribution in [0, 0.1) is 6.92 Å². The monoisotopic (exact) mass is 285 g/mol. The van der Waals surface area contributed by atoms with Crippen LogP contribution >= 0.6 is 0 Å². The second-order valence-electron chi connectivity index (χ2n) is 5.35. The molecule has 1 amide bonds. The van der Waals surface area contributed by atoms with Gasteiger partial charge in [-0.3, -0.25) is 9.78 Å². The Morgan fingerprint density at radius 3 is 3.00 bits per heavy atom. The number of hydrogen-bond acceptors (Lipinski definition) is 4. The molecule has 1 N–H and O–H groups in total. The molecule has 2 aromatic rings. The highest BCUT2D eigenvalue weighted by Crippen LogP contribution is 2.14. The van der Waals surface area contributed by atoms with Gasteiger partial charge in [0.15, 0.2) is 0 Å². The number of fused-ring (bicyclic) bond motifs is 1. The van der Waals surface area contributed by atoms with Gasteiger partial charge in [-0.1, -0.05) is 0 Å². The second-order valence-corrected chi connectivity index (χ2v) is 5.35. The summed E-state index contributed by atoms with van der Waals surface area (Å²) in [6.45, 7) is 3.47. The van der Waals surface area contributed by atoms with E-state index in [1.807, 2.05) is 6.92 Å². The lowest BCUT2D eigenvalue weighted by Crippen LogP contribution is -2.26. The molecule has 0 aliphatic carbocycles. The average Bonchev–Trinajstić information content (AvgIpc) is 2.90. The normalized spacial score (nSPS) is 13.8. The summed E-state index contributed by atoms with van der Waals surface area (Å²) in [4.78, 5) is 24.7. The van der Waals surface area contributed by atoms with Crippen LogP contribution in [0.25, 0.3) is 0 Å². The van der Waals surface area contributed by atoms with E-state index < -0.39 is 0 Å². The zero-order valence-corrected chi connectivity index (χ0v) is 12.2. The number of amides is 1. The Hall–Kier alpha value is -2.24. The standard InChI is InChI=1S/C15H19N5O/c1-11-8-18-13(9-17-11)15(21)16-6-5-12-10-20-7-3-2-4-14(20)19-12/h8-10H,2-7H2,1H3,(H,16,21). The van der Waals surface area contributed by atoms with Crippen molar-refractivity contribution in [2.45, 2.75) is 39.2 Å². The van der Waals surface area contributed by atoms with Gasteiger partial charge in [0.1, 0.15) is 11.5 Å². The Labute approximate surface area is 123 Å². The summed E-state index contributed by atoms with van der Waals surface area (Å²) in [5, 5.41) is 2.86. The van der Waals surface area contributed by atoms with Gasteiger partial charge in [0.25, 0.3) is 5.91 Å². The van der Waals surface area contributed by atoms with Crippen LogP contribution in [0.5, 0.6) is 0 Å². The molecule has 110 valence electrons. The van der Waals surface area contributed by atoms with E-state index in [1.165, 1.54) is 24.9 Å². The fraction of sp³-hybridized carbons (Fsp3) is 0.467. The molecule has 6 heteroatoms. The van der Waals surface area contributed by atoms with Gasteiger partial charge in [0.2, 0.25) is 0 Å². The maximum Gasteiger partial charge on any atom is 0.271 e. The number of carbonyl (C=O) groups is 1. The number of carbonyl (C=O) groups excluding carboxylic acids is 1. The quantitative estimate of drug-likeness (QED) is 0.918. The van der Waals surface area contributed by atoms with Crippen molar-refractivity contribution in [3.05, 3.63) is 41.5 Å². The first-order chi connectivity index (χ1) is 10.2. The molecule has 0 saturated carbocycles. The average molecular weight is 285 g/mol. The summed E-state index contributed by atoms with van der Waals surface area (Å²) in [6.07, 6.45) is 9.45. The number of hydrogen-bond donors (Lipinski definition) is 1. The van der Waals surface area contributed by atoms with Crippen LogP contribution in [0.2, 0.25) is 0 Å². The maximum absolute atomic E-state index is 11.9. The summed E-state index contributed by atoms with van der Waals surface area (Å²) in [5.41, 5.74) is 2.20. The lowest BCUT2D eigenvalue weighted by molar-refractivity contribution is 0.0948. The predicted octanol–water partition coefficient (Wildman–Crippen LogP) is 1.29. The molecule has 2 aromatic heterocycles. The first-order valence-electron chi connectivity index (χ1n) is 7.34. The van der Waals surface area contributed by atoms with Gasteiger partial charge in [-0.05, 0) is 19.8 Å². The molecule has 1 aliphatic rings. The van der Waals surface area contributed by atoms with E-state index in [-0.39, 0.29) is 5.91 Å². The van der Waals surface area contributed by atoms with E-state index in [4.69, 9.17) is 0 Å². The Morgan fingerprint density at radius 2 is 2.24 bits per heavy atom. The van der Waals surface area contributed by atoms with Crippen molar-refractivity contribution < 1.29 is 4.79 Å².